The van der Waals surface area contributed by atoms with Gasteiger partial charge in [-0.1, -0.05) is 23.3 Å². The first-order valence-electron chi connectivity index (χ1n) is 5.18. The van der Waals surface area contributed by atoms with Gasteiger partial charge in [0.25, 0.3) is 0 Å². The molecule has 2 rings (SSSR count). The fourth-order valence-electron chi connectivity index (χ4n) is 1.95. The largest absolute Gasteiger partial charge is 0.320 e. The molecule has 2 N–H and O–H groups in total. The van der Waals surface area contributed by atoms with E-state index in [0.29, 0.717) is 0 Å². The van der Waals surface area contributed by atoms with Crippen molar-refractivity contribution >= 4 is 11.6 Å². The Morgan fingerprint density at radius 1 is 1.25 bits per heavy atom. The van der Waals surface area contributed by atoms with Crippen LogP contribution in [0.1, 0.15) is 30.9 Å². The van der Waals surface area contributed by atoms with Gasteiger partial charge in [0.2, 0.25) is 0 Å². The fraction of sp³-hybridized carbons (Fsp3) is 0.333. The summed E-state index contributed by atoms with van der Waals surface area (Å²) in [4.78, 5) is 0. The maximum Gasteiger partial charge on any atom is 0.142 e. The lowest BCUT2D eigenvalue weighted by molar-refractivity contribution is 0.573. The second kappa shape index (κ2) is 4.52. The van der Waals surface area contributed by atoms with E-state index in [2.05, 4.69) is 0 Å². The van der Waals surface area contributed by atoms with Crippen LogP contribution < -0.4 is 5.73 Å². The summed E-state index contributed by atoms with van der Waals surface area (Å²) < 4.78 is 26.8. The van der Waals surface area contributed by atoms with Gasteiger partial charge in [0.05, 0.1) is 11.1 Å². The number of rotatable bonds is 2. The molecule has 1 aliphatic carbocycles. The molecule has 0 saturated heterocycles. The van der Waals surface area contributed by atoms with Crippen molar-refractivity contribution in [3.8, 4) is 0 Å². The predicted molar refractivity (Wildman–Crippen MR) is 60.2 cm³/mol. The summed E-state index contributed by atoms with van der Waals surface area (Å²) in [5, 5.41) is -0.214. The van der Waals surface area contributed by atoms with Crippen LogP contribution >= 0.6 is 11.6 Å². The quantitative estimate of drug-likeness (QED) is 0.622. The number of nitrogens with two attached hydrogens (primary N) is 1. The van der Waals surface area contributed by atoms with E-state index >= 15 is 0 Å². The van der Waals surface area contributed by atoms with Crippen molar-refractivity contribution in [1.82, 2.24) is 0 Å². The summed E-state index contributed by atoms with van der Waals surface area (Å²) in [6, 6.07) is 1.50. The van der Waals surface area contributed by atoms with Crippen LogP contribution in [-0.4, -0.2) is 0 Å². The first-order chi connectivity index (χ1) is 7.59. The van der Waals surface area contributed by atoms with Crippen LogP contribution in [0.5, 0.6) is 0 Å². The lowest BCUT2D eigenvalue weighted by Crippen LogP contribution is -2.14. The molecule has 0 amide bonds. The van der Waals surface area contributed by atoms with Crippen LogP contribution in [0.3, 0.4) is 0 Å². The molecule has 86 valence electrons. The minimum atomic E-state index is -0.632. The Kier molecular flexibility index (Phi) is 3.26. The molecule has 1 nitrogen and oxygen atoms in total. The third-order valence-electron chi connectivity index (χ3n) is 2.85. The average Bonchev–Trinajstić information content (AvgIpc) is 2.75. The van der Waals surface area contributed by atoms with Gasteiger partial charge in [0.15, 0.2) is 0 Å². The molecule has 0 fully saturated rings. The second-order valence-electron chi connectivity index (χ2n) is 3.94. The highest BCUT2D eigenvalue weighted by atomic mass is 35.5. The Bertz CT molecular complexity index is 443. The van der Waals surface area contributed by atoms with Crippen LogP contribution in [0.2, 0.25) is 5.02 Å². The highest BCUT2D eigenvalue weighted by Gasteiger charge is 2.19. The Morgan fingerprint density at radius 2 is 2.00 bits per heavy atom. The highest BCUT2D eigenvalue weighted by molar-refractivity contribution is 6.30. The summed E-state index contributed by atoms with van der Waals surface area (Å²) in [5.74, 6) is -1.18. The molecule has 0 saturated carbocycles. The predicted octanol–water partition coefficient (Wildman–Crippen LogP) is 3.73. The Balaban J connectivity index is 2.36. The summed E-state index contributed by atoms with van der Waals surface area (Å²) >= 11 is 5.48. The molecule has 0 bridgehead atoms. The molecule has 0 aliphatic heterocycles. The van der Waals surface area contributed by atoms with Gasteiger partial charge in [-0.05, 0) is 31.4 Å². The Labute approximate surface area is 97.9 Å². The summed E-state index contributed by atoms with van der Waals surface area (Å²) in [6.07, 6.45) is 4.84. The zero-order valence-electron chi connectivity index (χ0n) is 8.64. The van der Waals surface area contributed by atoms with E-state index in [1.165, 1.54) is 0 Å². The third kappa shape index (κ3) is 2.11. The minimum absolute atomic E-state index is 0.176. The number of allylic oxidation sites excluding steroid dienone is 1. The van der Waals surface area contributed by atoms with Crippen LogP contribution in [0.15, 0.2) is 23.8 Å². The van der Waals surface area contributed by atoms with Gasteiger partial charge < -0.3 is 5.73 Å². The van der Waals surface area contributed by atoms with Gasteiger partial charge in [-0.25, -0.2) is 8.78 Å². The third-order valence-corrected chi connectivity index (χ3v) is 3.14. The fourth-order valence-corrected chi connectivity index (χ4v) is 2.10. The molecule has 1 aromatic rings. The van der Waals surface area contributed by atoms with Crippen LogP contribution in [0.4, 0.5) is 8.78 Å². The molecule has 0 aromatic heterocycles. The van der Waals surface area contributed by atoms with Gasteiger partial charge in [-0.15, -0.1) is 0 Å². The maximum atomic E-state index is 13.6. The zero-order valence-corrected chi connectivity index (χ0v) is 9.40. The van der Waals surface area contributed by atoms with Gasteiger partial charge in [0.1, 0.15) is 11.6 Å². The Morgan fingerprint density at radius 3 is 2.62 bits per heavy atom. The van der Waals surface area contributed by atoms with Crippen molar-refractivity contribution in [3.63, 3.8) is 0 Å². The van der Waals surface area contributed by atoms with Crippen LogP contribution in [0.25, 0.3) is 0 Å². The van der Waals surface area contributed by atoms with E-state index in [1.807, 2.05) is 6.08 Å². The van der Waals surface area contributed by atoms with E-state index in [0.717, 1.165) is 37.0 Å². The van der Waals surface area contributed by atoms with E-state index in [1.54, 1.807) is 0 Å². The molecule has 1 unspecified atom stereocenters. The molecular weight excluding hydrogens is 232 g/mol. The van der Waals surface area contributed by atoms with Gasteiger partial charge >= 0.3 is 0 Å². The molecule has 1 aromatic carbocycles. The topological polar surface area (TPSA) is 26.0 Å². The summed E-state index contributed by atoms with van der Waals surface area (Å²) in [6.45, 7) is 0. The highest BCUT2D eigenvalue weighted by Crippen LogP contribution is 2.31. The van der Waals surface area contributed by atoms with Crippen LogP contribution in [-0.2, 0) is 0 Å². The van der Waals surface area contributed by atoms with E-state index in [9.17, 15) is 8.78 Å². The molecule has 0 heterocycles. The molecule has 1 atom stereocenters. The van der Waals surface area contributed by atoms with Gasteiger partial charge in [-0.2, -0.15) is 0 Å². The Hall–Kier alpha value is -0.930. The molecule has 0 radical (unpaired) electrons. The van der Waals surface area contributed by atoms with Crippen molar-refractivity contribution in [3.05, 3.63) is 46.0 Å². The molecule has 16 heavy (non-hydrogen) atoms. The van der Waals surface area contributed by atoms with Crippen molar-refractivity contribution in [2.75, 3.05) is 0 Å². The van der Waals surface area contributed by atoms with E-state index in [-0.39, 0.29) is 10.6 Å². The number of hydrogen-bond acceptors (Lipinski definition) is 1. The number of hydrogen-bond donors (Lipinski definition) is 1. The standard InChI is InChI=1S/C12H12ClF2N/c13-9-6-10(14)8(5-11(9)15)12(16)7-3-1-2-4-7/h3,5-6,12H,1-2,4,16H2. The molecule has 4 heteroatoms. The molecule has 0 spiro atoms. The maximum absolute atomic E-state index is 13.6. The lowest BCUT2D eigenvalue weighted by Gasteiger charge is -2.15. The first kappa shape index (κ1) is 11.6. The average molecular weight is 244 g/mol. The minimum Gasteiger partial charge on any atom is -0.320 e. The van der Waals surface area contributed by atoms with Crippen molar-refractivity contribution < 1.29 is 8.78 Å². The van der Waals surface area contributed by atoms with Gasteiger partial charge in [-0.3, -0.25) is 0 Å². The van der Waals surface area contributed by atoms with E-state index < -0.39 is 17.7 Å². The first-order valence-corrected chi connectivity index (χ1v) is 5.56. The number of halogens is 3. The second-order valence-corrected chi connectivity index (χ2v) is 4.34. The molecular formula is C12H12ClF2N. The lowest BCUT2D eigenvalue weighted by atomic mass is 9.98. The van der Waals surface area contributed by atoms with Crippen LogP contribution in [0, 0.1) is 11.6 Å². The number of benzene rings is 1. The van der Waals surface area contributed by atoms with Gasteiger partial charge in [0, 0.05) is 5.56 Å². The van der Waals surface area contributed by atoms with Crippen molar-refractivity contribution in [2.24, 2.45) is 5.73 Å². The van der Waals surface area contributed by atoms with Crippen molar-refractivity contribution in [2.45, 2.75) is 25.3 Å². The van der Waals surface area contributed by atoms with Crippen molar-refractivity contribution in [1.29, 1.82) is 0 Å². The summed E-state index contributed by atoms with van der Waals surface area (Å²) in [5.41, 5.74) is 7.05. The normalized spacial score (nSPS) is 17.4. The van der Waals surface area contributed by atoms with E-state index in [4.69, 9.17) is 17.3 Å². The SMILES string of the molecule is NC(C1=CCCC1)c1cc(F)c(Cl)cc1F. The molecule has 1 aliphatic rings. The zero-order chi connectivity index (χ0) is 11.7. The summed E-state index contributed by atoms with van der Waals surface area (Å²) in [7, 11) is 0. The monoisotopic (exact) mass is 243 g/mol. The smallest absolute Gasteiger partial charge is 0.142 e.